The Hall–Kier alpha value is -3.13. The van der Waals surface area contributed by atoms with Crippen LogP contribution in [-0.4, -0.2) is 45.4 Å². The SMILES string of the molecule is Cc1ccc(-n2ncc(C(=O)NCc3cccs3)c2C2CCN(C(=O)OC(C)(C)C)CC2)c(C)c1. The van der Waals surface area contributed by atoms with Crippen LogP contribution in [0.4, 0.5) is 4.79 Å². The molecule has 4 rings (SSSR count). The number of carbonyl (C=O) groups is 2. The molecule has 186 valence electrons. The lowest BCUT2D eigenvalue weighted by molar-refractivity contribution is 0.0203. The van der Waals surface area contributed by atoms with Gasteiger partial charge in [-0.1, -0.05) is 23.8 Å². The summed E-state index contributed by atoms with van der Waals surface area (Å²) in [5, 5.41) is 9.73. The third-order valence-electron chi connectivity index (χ3n) is 6.17. The van der Waals surface area contributed by atoms with Gasteiger partial charge in [0.05, 0.1) is 29.7 Å². The Morgan fingerprint density at radius 3 is 2.54 bits per heavy atom. The lowest BCUT2D eigenvalue weighted by atomic mass is 9.90. The third kappa shape index (κ3) is 5.93. The molecule has 1 aromatic carbocycles. The monoisotopic (exact) mass is 494 g/mol. The van der Waals surface area contributed by atoms with Gasteiger partial charge >= 0.3 is 6.09 Å². The topological polar surface area (TPSA) is 76.5 Å². The summed E-state index contributed by atoms with van der Waals surface area (Å²) in [6.45, 7) is 11.4. The van der Waals surface area contributed by atoms with Crippen molar-refractivity contribution in [1.29, 1.82) is 0 Å². The molecule has 0 bridgehead atoms. The Kier molecular flexibility index (Phi) is 7.31. The molecule has 3 aromatic rings. The second-order valence-electron chi connectivity index (χ2n) is 10.1. The molecule has 0 spiro atoms. The first kappa shape index (κ1) is 25.0. The molecule has 2 amide bonds. The second-order valence-corrected chi connectivity index (χ2v) is 11.2. The minimum Gasteiger partial charge on any atom is -0.444 e. The zero-order valence-electron chi connectivity index (χ0n) is 21.1. The van der Waals surface area contributed by atoms with Gasteiger partial charge in [0, 0.05) is 23.9 Å². The maximum absolute atomic E-state index is 13.3. The van der Waals surface area contributed by atoms with Gasteiger partial charge < -0.3 is 15.0 Å². The number of nitrogens with zero attached hydrogens (tertiary/aromatic N) is 3. The lowest BCUT2D eigenvalue weighted by Gasteiger charge is -2.34. The highest BCUT2D eigenvalue weighted by Crippen LogP contribution is 2.33. The van der Waals surface area contributed by atoms with Crippen molar-refractivity contribution < 1.29 is 14.3 Å². The first-order valence-corrected chi connectivity index (χ1v) is 12.9. The highest BCUT2D eigenvalue weighted by atomic mass is 32.1. The number of ether oxygens (including phenoxy) is 1. The van der Waals surface area contributed by atoms with Crippen LogP contribution in [0.2, 0.25) is 0 Å². The second kappa shape index (κ2) is 10.2. The maximum atomic E-state index is 13.3. The zero-order chi connectivity index (χ0) is 25.2. The van der Waals surface area contributed by atoms with Crippen molar-refractivity contribution in [3.8, 4) is 5.69 Å². The summed E-state index contributed by atoms with van der Waals surface area (Å²) in [4.78, 5) is 28.7. The molecular weight excluding hydrogens is 460 g/mol. The summed E-state index contributed by atoms with van der Waals surface area (Å²) in [7, 11) is 0. The molecule has 7 nitrogen and oxygen atoms in total. The van der Waals surface area contributed by atoms with E-state index in [9.17, 15) is 9.59 Å². The van der Waals surface area contributed by atoms with Crippen LogP contribution in [0.3, 0.4) is 0 Å². The molecule has 8 heteroatoms. The average Bonchev–Trinajstić information content (AvgIpc) is 3.47. The van der Waals surface area contributed by atoms with E-state index in [0.717, 1.165) is 34.7 Å². The number of carbonyl (C=O) groups excluding carboxylic acids is 2. The summed E-state index contributed by atoms with van der Waals surface area (Å²) in [5.41, 5.74) is 4.23. The number of thiophene rings is 1. The van der Waals surface area contributed by atoms with Crippen molar-refractivity contribution in [1.82, 2.24) is 20.0 Å². The summed E-state index contributed by atoms with van der Waals surface area (Å²) in [6, 6.07) is 10.2. The van der Waals surface area contributed by atoms with E-state index >= 15 is 0 Å². The van der Waals surface area contributed by atoms with E-state index in [1.807, 2.05) is 43.0 Å². The van der Waals surface area contributed by atoms with Gasteiger partial charge in [-0.15, -0.1) is 11.3 Å². The van der Waals surface area contributed by atoms with E-state index in [4.69, 9.17) is 4.74 Å². The Bertz CT molecular complexity index is 1190. The van der Waals surface area contributed by atoms with Crippen LogP contribution >= 0.6 is 11.3 Å². The van der Waals surface area contributed by atoms with Crippen molar-refractivity contribution in [2.75, 3.05) is 13.1 Å². The summed E-state index contributed by atoms with van der Waals surface area (Å²) < 4.78 is 7.48. The van der Waals surface area contributed by atoms with E-state index in [1.165, 1.54) is 5.56 Å². The number of piperidine rings is 1. The standard InChI is InChI=1S/C27H34N4O3S/c1-18-8-9-23(19(2)15-18)31-24(20-10-12-30(13-11-20)26(33)34-27(3,4)5)22(17-29-31)25(32)28-16-21-7-6-14-35-21/h6-9,14-15,17,20H,10-13,16H2,1-5H3,(H,28,32). The molecule has 0 aliphatic carbocycles. The summed E-state index contributed by atoms with van der Waals surface area (Å²) in [6.07, 6.45) is 2.87. The average molecular weight is 495 g/mol. The quantitative estimate of drug-likeness (QED) is 0.501. The van der Waals surface area contributed by atoms with Gasteiger partial charge in [0.15, 0.2) is 0 Å². The number of amides is 2. The fraction of sp³-hybridized carbons (Fsp3) is 0.444. The Balaban J connectivity index is 1.60. The van der Waals surface area contributed by atoms with Crippen LogP contribution in [0.15, 0.2) is 41.9 Å². The molecule has 1 saturated heterocycles. The van der Waals surface area contributed by atoms with E-state index < -0.39 is 5.60 Å². The predicted octanol–water partition coefficient (Wildman–Crippen LogP) is 5.60. The van der Waals surface area contributed by atoms with Gasteiger partial charge in [-0.25, -0.2) is 9.48 Å². The number of hydrogen-bond acceptors (Lipinski definition) is 5. The Morgan fingerprint density at radius 2 is 1.91 bits per heavy atom. The molecule has 1 fully saturated rings. The molecular formula is C27H34N4O3S. The highest BCUT2D eigenvalue weighted by Gasteiger charge is 2.32. The van der Waals surface area contributed by atoms with Gasteiger partial charge in [-0.2, -0.15) is 5.10 Å². The maximum Gasteiger partial charge on any atom is 0.410 e. The van der Waals surface area contributed by atoms with Gasteiger partial charge in [-0.05, 0) is 70.5 Å². The van der Waals surface area contributed by atoms with E-state index in [-0.39, 0.29) is 17.9 Å². The van der Waals surface area contributed by atoms with E-state index in [0.29, 0.717) is 25.2 Å². The van der Waals surface area contributed by atoms with Gasteiger partial charge in [-0.3, -0.25) is 4.79 Å². The molecule has 35 heavy (non-hydrogen) atoms. The van der Waals surface area contributed by atoms with Crippen molar-refractivity contribution in [3.63, 3.8) is 0 Å². The minimum absolute atomic E-state index is 0.0966. The molecule has 0 saturated carbocycles. The minimum atomic E-state index is -0.524. The third-order valence-corrected chi connectivity index (χ3v) is 7.04. The molecule has 0 unspecified atom stereocenters. The van der Waals surface area contributed by atoms with Crippen LogP contribution in [-0.2, 0) is 11.3 Å². The normalized spacial score (nSPS) is 14.7. The molecule has 1 N–H and O–H groups in total. The first-order valence-electron chi connectivity index (χ1n) is 12.1. The Morgan fingerprint density at radius 1 is 1.17 bits per heavy atom. The van der Waals surface area contributed by atoms with Gasteiger partial charge in [0.25, 0.3) is 5.91 Å². The molecule has 0 radical (unpaired) electrons. The largest absolute Gasteiger partial charge is 0.444 e. The van der Waals surface area contributed by atoms with Gasteiger partial charge in [0.1, 0.15) is 5.60 Å². The number of nitrogens with one attached hydrogen (secondary N) is 1. The number of likely N-dealkylation sites (tertiary alicyclic amines) is 1. The van der Waals surface area contributed by atoms with Crippen molar-refractivity contribution in [3.05, 3.63) is 69.2 Å². The molecule has 1 aliphatic heterocycles. The molecule has 1 aliphatic rings. The number of aryl methyl sites for hydroxylation is 2. The fourth-order valence-corrected chi connectivity index (χ4v) is 5.14. The van der Waals surface area contributed by atoms with Crippen molar-refractivity contribution >= 4 is 23.3 Å². The van der Waals surface area contributed by atoms with E-state index in [1.54, 1.807) is 22.4 Å². The molecule has 3 heterocycles. The van der Waals surface area contributed by atoms with Crippen LogP contribution < -0.4 is 5.32 Å². The summed E-state index contributed by atoms with van der Waals surface area (Å²) in [5.74, 6) is -0.0293. The zero-order valence-corrected chi connectivity index (χ0v) is 21.9. The van der Waals surface area contributed by atoms with Crippen molar-refractivity contribution in [2.24, 2.45) is 0 Å². The van der Waals surface area contributed by atoms with Gasteiger partial charge in [0.2, 0.25) is 0 Å². The van der Waals surface area contributed by atoms with Crippen LogP contribution in [0.25, 0.3) is 5.69 Å². The first-order chi connectivity index (χ1) is 16.6. The number of aromatic nitrogens is 2. The summed E-state index contributed by atoms with van der Waals surface area (Å²) >= 11 is 1.62. The lowest BCUT2D eigenvalue weighted by Crippen LogP contribution is -2.41. The van der Waals surface area contributed by atoms with Crippen molar-refractivity contribution in [2.45, 2.75) is 65.5 Å². The number of hydrogen-bond donors (Lipinski definition) is 1. The highest BCUT2D eigenvalue weighted by molar-refractivity contribution is 7.09. The fourth-order valence-electron chi connectivity index (χ4n) is 4.50. The van der Waals surface area contributed by atoms with Crippen LogP contribution in [0.5, 0.6) is 0 Å². The molecule has 0 atom stereocenters. The van der Waals surface area contributed by atoms with Crippen LogP contribution in [0.1, 0.15) is 71.6 Å². The number of benzene rings is 1. The number of rotatable bonds is 5. The Labute approximate surface area is 211 Å². The smallest absolute Gasteiger partial charge is 0.410 e. The van der Waals surface area contributed by atoms with E-state index in [2.05, 4.69) is 42.5 Å². The van der Waals surface area contributed by atoms with Crippen LogP contribution in [0, 0.1) is 13.8 Å². The predicted molar refractivity (Wildman–Crippen MR) is 138 cm³/mol. The molecule has 2 aromatic heterocycles.